The molecule has 0 aliphatic heterocycles. The fourth-order valence-electron chi connectivity index (χ4n) is 6.64. The van der Waals surface area contributed by atoms with Crippen molar-refractivity contribution in [3.63, 3.8) is 0 Å². The van der Waals surface area contributed by atoms with Gasteiger partial charge in [-0.25, -0.2) is 4.68 Å². The van der Waals surface area contributed by atoms with Crippen LogP contribution in [0.15, 0.2) is 73.1 Å². The van der Waals surface area contributed by atoms with Crippen molar-refractivity contribution in [3.8, 4) is 34.0 Å². The maximum Gasteiger partial charge on any atom is 0.273 e. The van der Waals surface area contributed by atoms with Gasteiger partial charge in [0.2, 0.25) is 11.8 Å². The van der Waals surface area contributed by atoms with E-state index in [-0.39, 0.29) is 52.9 Å². The van der Waals surface area contributed by atoms with Crippen LogP contribution in [0.2, 0.25) is 0 Å². The summed E-state index contributed by atoms with van der Waals surface area (Å²) < 4.78 is 18.7. The van der Waals surface area contributed by atoms with E-state index in [0.717, 1.165) is 42.5 Å². The largest absolute Gasteiger partial charge is 0.494 e. The molecule has 2 aromatic carbocycles. The maximum absolute atomic E-state index is 12.4. The molecule has 4 amide bonds. The Hall–Kier alpha value is -7.94. The molecule has 0 saturated heterocycles. The third-order valence-corrected chi connectivity index (χ3v) is 10.3. The van der Waals surface area contributed by atoms with Crippen molar-refractivity contribution < 1.29 is 33.4 Å². The molecule has 4 heterocycles. The zero-order chi connectivity index (χ0) is 46.0. The Kier molecular flexibility index (Phi) is 14.2. The molecular weight excluding hydrogens is 837 g/mol. The molecule has 6 aromatic rings. The standard InChI is InChI=1S/C24H29N7O4.C20H21N7O3/c1-5-35-14(2)31-12-11-17(30-31)16-7-6-8-18(22(16)34-4)26-19-13-20(27-23(32)15-9-10-15)28-29-21(19)24(33)25-3;1-21-20(29)17-15(10-16(26-27-17)24-19(28)11-6-7-11)23-14-5-3-4-12(18(14)30-2)13-8-9-22-25-13/h6-8,11-15H,5,9-10H2,1-4H3,(H,25,33)(H2,26,27,28,32);3-5,8-11H,6-7H2,1-2H3,(H,21,29)(H,22,25)(H2,23,24,26,28). The first-order valence-electron chi connectivity index (χ1n) is 20.9. The minimum atomic E-state index is -0.418. The lowest BCUT2D eigenvalue weighted by Crippen LogP contribution is -2.22. The van der Waals surface area contributed by atoms with Crippen LogP contribution in [0.4, 0.5) is 34.4 Å². The highest BCUT2D eigenvalue weighted by molar-refractivity contribution is 6.01. The zero-order valence-electron chi connectivity index (χ0n) is 36.7. The van der Waals surface area contributed by atoms with Crippen LogP contribution >= 0.6 is 0 Å². The van der Waals surface area contributed by atoms with Crippen LogP contribution in [0.3, 0.4) is 0 Å². The number of hydrogen-bond acceptors (Lipinski definition) is 15. The lowest BCUT2D eigenvalue weighted by atomic mass is 10.1. The summed E-state index contributed by atoms with van der Waals surface area (Å²) in [6.45, 7) is 4.44. The fourth-order valence-corrected chi connectivity index (χ4v) is 6.64. The van der Waals surface area contributed by atoms with Crippen LogP contribution < -0.4 is 41.4 Å². The minimum Gasteiger partial charge on any atom is -0.494 e. The number of aromatic nitrogens is 8. The van der Waals surface area contributed by atoms with Gasteiger partial charge in [-0.2, -0.15) is 10.2 Å². The van der Waals surface area contributed by atoms with Crippen molar-refractivity contribution in [3.05, 3.63) is 84.4 Å². The summed E-state index contributed by atoms with van der Waals surface area (Å²) in [5.74, 6) is 0.627. The van der Waals surface area contributed by atoms with E-state index in [0.29, 0.717) is 46.5 Å². The highest BCUT2D eigenvalue weighted by atomic mass is 16.5. The number of carbonyl (C=O) groups is 4. The van der Waals surface area contributed by atoms with Crippen molar-refractivity contribution in [2.24, 2.45) is 11.8 Å². The summed E-state index contributed by atoms with van der Waals surface area (Å²) in [4.78, 5) is 49.0. The Labute approximate surface area is 373 Å². The van der Waals surface area contributed by atoms with E-state index in [1.807, 2.05) is 68.6 Å². The van der Waals surface area contributed by atoms with Gasteiger partial charge in [0.05, 0.1) is 48.4 Å². The Morgan fingerprint density at radius 3 is 1.71 bits per heavy atom. The van der Waals surface area contributed by atoms with Gasteiger partial charge in [-0.1, -0.05) is 12.1 Å². The summed E-state index contributed by atoms with van der Waals surface area (Å²) in [6.07, 6.45) is 6.77. The molecule has 0 bridgehead atoms. The number of carbonyl (C=O) groups excluding carboxylic acids is 4. The SMILES string of the molecule is CCOC(C)n1ccc(-c2cccc(Nc3cc(NC(=O)C4CC4)nnc3C(=O)NC)c2OC)n1.CNC(=O)c1nnc(NC(=O)C2CC2)cc1Nc1cccc(-c2ccn[nH]2)c1OC. The Bertz CT molecular complexity index is 2660. The number of aromatic amines is 1. The molecule has 2 saturated carbocycles. The normalized spacial score (nSPS) is 13.3. The number of H-pyrrole nitrogens is 1. The van der Waals surface area contributed by atoms with Crippen molar-refractivity contribution in [1.82, 2.24) is 51.0 Å². The van der Waals surface area contributed by atoms with Gasteiger partial charge in [0.1, 0.15) is 6.23 Å². The van der Waals surface area contributed by atoms with Crippen LogP contribution in [-0.2, 0) is 14.3 Å². The van der Waals surface area contributed by atoms with E-state index >= 15 is 0 Å². The number of benzene rings is 2. The predicted octanol–water partition coefficient (Wildman–Crippen LogP) is 5.68. The second-order valence-electron chi connectivity index (χ2n) is 14.9. The molecule has 4 aromatic heterocycles. The third kappa shape index (κ3) is 10.8. The van der Waals surface area contributed by atoms with Gasteiger partial charge in [-0.3, -0.25) is 24.3 Å². The van der Waals surface area contributed by atoms with E-state index in [4.69, 9.17) is 14.2 Å². The molecule has 7 N–H and O–H groups in total. The molecule has 2 aliphatic carbocycles. The second kappa shape index (κ2) is 20.5. The highest BCUT2D eigenvalue weighted by Gasteiger charge is 2.31. The predicted molar refractivity (Wildman–Crippen MR) is 241 cm³/mol. The number of methoxy groups -OCH3 is 2. The lowest BCUT2D eigenvalue weighted by Gasteiger charge is -2.16. The molecule has 338 valence electrons. The van der Waals surface area contributed by atoms with Crippen molar-refractivity contribution in [1.29, 1.82) is 0 Å². The van der Waals surface area contributed by atoms with Crippen LogP contribution in [0.25, 0.3) is 22.5 Å². The van der Waals surface area contributed by atoms with Gasteiger partial charge in [-0.15, -0.1) is 20.4 Å². The monoisotopic (exact) mass is 886 g/mol. The van der Waals surface area contributed by atoms with E-state index in [1.54, 1.807) is 37.2 Å². The smallest absolute Gasteiger partial charge is 0.273 e. The average molecular weight is 887 g/mol. The van der Waals surface area contributed by atoms with Gasteiger partial charge in [0.15, 0.2) is 34.5 Å². The molecule has 8 rings (SSSR count). The van der Waals surface area contributed by atoms with Crippen molar-refractivity contribution >= 4 is 58.0 Å². The maximum atomic E-state index is 12.4. The first kappa shape index (κ1) is 45.1. The van der Waals surface area contributed by atoms with Crippen molar-refractivity contribution in [2.75, 3.05) is 56.2 Å². The minimum absolute atomic E-state index is 0.00820. The average Bonchev–Trinajstić information content (AvgIpc) is 4.25. The topological polar surface area (TPSA) is 266 Å². The number of ether oxygens (including phenoxy) is 3. The van der Waals surface area contributed by atoms with Gasteiger partial charge in [0, 0.05) is 68.2 Å². The quantitative estimate of drug-likeness (QED) is 0.0581. The highest BCUT2D eigenvalue weighted by Crippen LogP contribution is 2.40. The van der Waals surface area contributed by atoms with E-state index in [2.05, 4.69) is 67.6 Å². The van der Waals surface area contributed by atoms with E-state index in [1.165, 1.54) is 14.1 Å². The molecule has 1 atom stereocenters. The zero-order valence-corrected chi connectivity index (χ0v) is 36.7. The van der Waals surface area contributed by atoms with Gasteiger partial charge >= 0.3 is 0 Å². The van der Waals surface area contributed by atoms with E-state index < -0.39 is 11.8 Å². The van der Waals surface area contributed by atoms with Crippen LogP contribution in [-0.4, -0.2) is 98.9 Å². The third-order valence-electron chi connectivity index (χ3n) is 10.3. The van der Waals surface area contributed by atoms with Crippen LogP contribution in [0, 0.1) is 11.8 Å². The summed E-state index contributed by atoms with van der Waals surface area (Å²) in [5, 5.41) is 44.6. The molecule has 2 aliphatic rings. The summed E-state index contributed by atoms with van der Waals surface area (Å²) in [7, 11) is 6.15. The second-order valence-corrected chi connectivity index (χ2v) is 14.9. The molecule has 0 radical (unpaired) electrons. The Morgan fingerprint density at radius 1 is 0.723 bits per heavy atom. The lowest BCUT2D eigenvalue weighted by molar-refractivity contribution is -0.118. The van der Waals surface area contributed by atoms with Crippen LogP contribution in [0.1, 0.15) is 66.7 Å². The molecule has 21 nitrogen and oxygen atoms in total. The molecule has 65 heavy (non-hydrogen) atoms. The number of anilines is 6. The first-order chi connectivity index (χ1) is 31.5. The Balaban J connectivity index is 0.000000196. The van der Waals surface area contributed by atoms with Gasteiger partial charge in [-0.05, 0) is 75.9 Å². The number of hydrogen-bond donors (Lipinski definition) is 7. The molecule has 0 spiro atoms. The number of amides is 4. The number of rotatable bonds is 17. The molecule has 2 fully saturated rings. The summed E-state index contributed by atoms with van der Waals surface area (Å²) >= 11 is 0. The fraction of sp³-hybridized carbons (Fsp3) is 0.318. The number of para-hydroxylation sites is 2. The Morgan fingerprint density at radius 2 is 1.25 bits per heavy atom. The van der Waals surface area contributed by atoms with Gasteiger partial charge in [0.25, 0.3) is 11.8 Å². The van der Waals surface area contributed by atoms with Gasteiger partial charge < -0.3 is 46.1 Å². The molecule has 1 unspecified atom stereocenters. The molecular formula is C44H50N14O7. The van der Waals surface area contributed by atoms with Crippen LogP contribution in [0.5, 0.6) is 11.5 Å². The summed E-state index contributed by atoms with van der Waals surface area (Å²) in [5.41, 5.74) is 5.18. The summed E-state index contributed by atoms with van der Waals surface area (Å²) in [6, 6.07) is 18.0. The van der Waals surface area contributed by atoms with E-state index in [9.17, 15) is 19.2 Å². The number of nitrogens with zero attached hydrogens (tertiary/aromatic N) is 7. The first-order valence-corrected chi connectivity index (χ1v) is 20.9. The molecule has 21 heteroatoms. The van der Waals surface area contributed by atoms with Crippen molar-refractivity contribution in [2.45, 2.75) is 45.8 Å². The number of nitrogens with one attached hydrogen (secondary N) is 7.